The monoisotopic (exact) mass is 661 g/mol. The van der Waals surface area contributed by atoms with Gasteiger partial charge in [-0.3, -0.25) is 14.4 Å². The van der Waals surface area contributed by atoms with E-state index in [4.69, 9.17) is 14.2 Å². The quantitative estimate of drug-likeness (QED) is 0.0296. The zero-order chi connectivity index (χ0) is 34.5. The third-order valence-corrected chi connectivity index (χ3v) is 8.13. The van der Waals surface area contributed by atoms with Crippen LogP contribution in [-0.4, -0.2) is 37.2 Å². The van der Waals surface area contributed by atoms with Gasteiger partial charge in [-0.25, -0.2) is 0 Å². The number of allylic oxidation sites excluding steroid dienone is 6. The zero-order valence-electron chi connectivity index (χ0n) is 30.8. The molecular formula is C41H72O6. The van der Waals surface area contributed by atoms with E-state index in [2.05, 4.69) is 57.2 Å². The van der Waals surface area contributed by atoms with E-state index in [-0.39, 0.29) is 31.1 Å². The third kappa shape index (κ3) is 34.8. The van der Waals surface area contributed by atoms with Crippen LogP contribution in [0.3, 0.4) is 0 Å². The lowest BCUT2D eigenvalue weighted by molar-refractivity contribution is -0.167. The van der Waals surface area contributed by atoms with Gasteiger partial charge >= 0.3 is 17.9 Å². The average Bonchev–Trinajstić information content (AvgIpc) is 3.06. The van der Waals surface area contributed by atoms with Crippen molar-refractivity contribution in [3.05, 3.63) is 36.5 Å². The molecule has 0 saturated heterocycles. The van der Waals surface area contributed by atoms with Crippen molar-refractivity contribution in [2.45, 2.75) is 194 Å². The molecular weight excluding hydrogens is 588 g/mol. The van der Waals surface area contributed by atoms with Crippen LogP contribution in [0.1, 0.15) is 188 Å². The first kappa shape index (κ1) is 44.6. The number of carbonyl (C=O) groups is 3. The molecule has 0 radical (unpaired) electrons. The van der Waals surface area contributed by atoms with Crippen LogP contribution < -0.4 is 0 Å². The first-order chi connectivity index (χ1) is 23.0. The summed E-state index contributed by atoms with van der Waals surface area (Å²) >= 11 is 0. The van der Waals surface area contributed by atoms with Crippen LogP contribution in [0.2, 0.25) is 0 Å². The van der Waals surface area contributed by atoms with Gasteiger partial charge in [-0.1, -0.05) is 141 Å². The second-order valence-corrected chi connectivity index (χ2v) is 12.8. The largest absolute Gasteiger partial charge is 0.462 e. The number of hydrogen-bond acceptors (Lipinski definition) is 6. The minimum atomic E-state index is -0.780. The lowest BCUT2D eigenvalue weighted by Gasteiger charge is -2.18. The molecule has 0 fully saturated rings. The number of ether oxygens (including phenoxy) is 3. The fourth-order valence-corrected chi connectivity index (χ4v) is 5.16. The summed E-state index contributed by atoms with van der Waals surface area (Å²) in [6, 6.07) is 0. The Labute approximate surface area is 289 Å². The van der Waals surface area contributed by atoms with Gasteiger partial charge in [0.15, 0.2) is 6.10 Å². The molecule has 0 amide bonds. The topological polar surface area (TPSA) is 78.9 Å². The maximum atomic E-state index is 12.6. The second-order valence-electron chi connectivity index (χ2n) is 12.8. The molecule has 0 aromatic carbocycles. The molecule has 0 N–H and O–H groups in total. The van der Waals surface area contributed by atoms with E-state index in [0.29, 0.717) is 19.3 Å². The van der Waals surface area contributed by atoms with E-state index in [1.165, 1.54) is 57.8 Å². The number of rotatable bonds is 34. The Balaban J connectivity index is 4.43. The van der Waals surface area contributed by atoms with E-state index < -0.39 is 6.10 Å². The normalized spacial score (nSPS) is 12.3. The van der Waals surface area contributed by atoms with Gasteiger partial charge in [-0.2, -0.15) is 0 Å². The number of hydrogen-bond donors (Lipinski definition) is 0. The van der Waals surface area contributed by atoms with Crippen LogP contribution in [0, 0.1) is 0 Å². The second kappa shape index (κ2) is 36.5. The molecule has 6 nitrogen and oxygen atoms in total. The summed E-state index contributed by atoms with van der Waals surface area (Å²) in [5.41, 5.74) is 0. The van der Waals surface area contributed by atoms with Crippen molar-refractivity contribution < 1.29 is 28.6 Å². The van der Waals surface area contributed by atoms with Gasteiger partial charge in [0.2, 0.25) is 0 Å². The highest BCUT2D eigenvalue weighted by atomic mass is 16.6. The smallest absolute Gasteiger partial charge is 0.306 e. The first-order valence-electron chi connectivity index (χ1n) is 19.5. The average molecular weight is 661 g/mol. The van der Waals surface area contributed by atoms with Crippen molar-refractivity contribution in [2.75, 3.05) is 13.2 Å². The maximum absolute atomic E-state index is 12.6. The standard InChI is InChI=1S/C41H72O6/c1-4-7-10-13-16-19-22-25-28-31-34-40(43)46-37-38(36-45-39(42)33-30-27-24-21-18-15-12-9-6-3)47-41(44)35-32-29-26-23-20-17-14-11-8-5-2/h9,12-13,16,18,21,38H,4-8,10-11,14-15,17,19-20,22-37H2,1-3H3/b12-9-,16-13-,21-18-. The van der Waals surface area contributed by atoms with Gasteiger partial charge in [-0.05, 0) is 64.2 Å². The molecule has 0 rings (SSSR count). The Morgan fingerprint density at radius 3 is 1.40 bits per heavy atom. The van der Waals surface area contributed by atoms with E-state index in [1.807, 2.05) is 0 Å². The molecule has 0 aliphatic rings. The van der Waals surface area contributed by atoms with Gasteiger partial charge in [0.05, 0.1) is 0 Å². The van der Waals surface area contributed by atoms with E-state index in [0.717, 1.165) is 89.9 Å². The molecule has 6 heteroatoms. The van der Waals surface area contributed by atoms with Crippen LogP contribution >= 0.6 is 0 Å². The lowest BCUT2D eigenvalue weighted by Crippen LogP contribution is -2.30. The summed E-state index contributed by atoms with van der Waals surface area (Å²) < 4.78 is 16.5. The molecule has 0 aromatic rings. The molecule has 0 bridgehead atoms. The van der Waals surface area contributed by atoms with Crippen molar-refractivity contribution in [3.63, 3.8) is 0 Å². The van der Waals surface area contributed by atoms with Crippen LogP contribution in [0.5, 0.6) is 0 Å². The molecule has 0 saturated carbocycles. The van der Waals surface area contributed by atoms with Gasteiger partial charge in [0.1, 0.15) is 13.2 Å². The van der Waals surface area contributed by atoms with Crippen molar-refractivity contribution in [1.29, 1.82) is 0 Å². The predicted octanol–water partition coefficient (Wildman–Crippen LogP) is 11.9. The third-order valence-electron chi connectivity index (χ3n) is 8.13. The minimum absolute atomic E-state index is 0.0876. The van der Waals surface area contributed by atoms with Gasteiger partial charge in [0.25, 0.3) is 0 Å². The van der Waals surface area contributed by atoms with E-state index in [9.17, 15) is 14.4 Å². The van der Waals surface area contributed by atoms with Gasteiger partial charge in [0, 0.05) is 19.3 Å². The number of esters is 3. The SMILES string of the molecule is CC/C=C\C/C=C\CCCCC(=O)OCC(COC(=O)CCCCCC/C=C\CCCC)OC(=O)CCCCCCCCCCCC. The molecule has 0 aliphatic carbocycles. The molecule has 1 unspecified atom stereocenters. The van der Waals surface area contributed by atoms with Crippen molar-refractivity contribution in [3.8, 4) is 0 Å². The molecule has 0 aromatic heterocycles. The summed E-state index contributed by atoms with van der Waals surface area (Å²) in [7, 11) is 0. The fraction of sp³-hybridized carbons (Fsp3) is 0.780. The van der Waals surface area contributed by atoms with Gasteiger partial charge < -0.3 is 14.2 Å². The maximum Gasteiger partial charge on any atom is 0.306 e. The Morgan fingerprint density at radius 2 is 0.851 bits per heavy atom. The molecule has 0 heterocycles. The Kier molecular flexibility index (Phi) is 34.6. The molecule has 47 heavy (non-hydrogen) atoms. The minimum Gasteiger partial charge on any atom is -0.462 e. The van der Waals surface area contributed by atoms with Crippen LogP contribution in [-0.2, 0) is 28.6 Å². The Bertz CT molecular complexity index is 815. The number of unbranched alkanes of at least 4 members (excludes halogenated alkanes) is 17. The van der Waals surface area contributed by atoms with Crippen molar-refractivity contribution >= 4 is 17.9 Å². The molecule has 0 spiro atoms. The molecule has 272 valence electrons. The summed E-state index contributed by atoms with van der Waals surface area (Å²) in [5.74, 6) is -0.946. The number of carbonyl (C=O) groups excluding carboxylic acids is 3. The van der Waals surface area contributed by atoms with E-state index in [1.54, 1.807) is 0 Å². The summed E-state index contributed by atoms with van der Waals surface area (Å²) in [6.45, 7) is 6.38. The van der Waals surface area contributed by atoms with Crippen LogP contribution in [0.4, 0.5) is 0 Å². The van der Waals surface area contributed by atoms with Crippen molar-refractivity contribution in [1.82, 2.24) is 0 Å². The summed E-state index contributed by atoms with van der Waals surface area (Å²) in [4.78, 5) is 37.3. The Morgan fingerprint density at radius 1 is 0.447 bits per heavy atom. The Hall–Kier alpha value is -2.37. The summed E-state index contributed by atoms with van der Waals surface area (Å²) in [5, 5.41) is 0. The molecule has 1 atom stereocenters. The van der Waals surface area contributed by atoms with Crippen LogP contribution in [0.15, 0.2) is 36.5 Å². The van der Waals surface area contributed by atoms with Gasteiger partial charge in [-0.15, -0.1) is 0 Å². The highest BCUT2D eigenvalue weighted by molar-refractivity contribution is 5.71. The zero-order valence-corrected chi connectivity index (χ0v) is 30.8. The predicted molar refractivity (Wildman–Crippen MR) is 196 cm³/mol. The van der Waals surface area contributed by atoms with Crippen LogP contribution in [0.25, 0.3) is 0 Å². The summed E-state index contributed by atoms with van der Waals surface area (Å²) in [6.07, 6.45) is 38.5. The lowest BCUT2D eigenvalue weighted by atomic mass is 10.1. The van der Waals surface area contributed by atoms with E-state index >= 15 is 0 Å². The fourth-order valence-electron chi connectivity index (χ4n) is 5.16. The van der Waals surface area contributed by atoms with Crippen molar-refractivity contribution in [2.24, 2.45) is 0 Å². The first-order valence-corrected chi connectivity index (χ1v) is 19.5. The molecule has 0 aliphatic heterocycles. The highest BCUT2D eigenvalue weighted by Gasteiger charge is 2.19. The highest BCUT2D eigenvalue weighted by Crippen LogP contribution is 2.13.